The maximum Gasteiger partial charge on any atom is 0.203 e. The molecule has 1 aromatic carbocycles. The number of methoxy groups -OCH3 is 1. The first kappa shape index (κ1) is 10.9. The van der Waals surface area contributed by atoms with Gasteiger partial charge < -0.3 is 4.74 Å². The van der Waals surface area contributed by atoms with Crippen LogP contribution in [-0.4, -0.2) is 7.11 Å². The molecule has 0 bridgehead atoms. The van der Waals surface area contributed by atoms with E-state index < -0.39 is 23.2 Å². The topological polar surface area (TPSA) is 9.23 Å². The van der Waals surface area contributed by atoms with E-state index in [1.165, 1.54) is 0 Å². The molecule has 0 aromatic heterocycles. The van der Waals surface area contributed by atoms with Gasteiger partial charge in [0, 0.05) is 0 Å². The quantitative estimate of drug-likeness (QED) is 0.671. The van der Waals surface area contributed by atoms with E-state index in [4.69, 9.17) is 0 Å². The van der Waals surface area contributed by atoms with Crippen LogP contribution in [0.15, 0.2) is 0 Å². The highest BCUT2D eigenvalue weighted by Crippen LogP contribution is 2.30. The van der Waals surface area contributed by atoms with Crippen LogP contribution in [0.5, 0.6) is 5.75 Å². The van der Waals surface area contributed by atoms with E-state index in [0.717, 1.165) is 7.11 Å². The smallest absolute Gasteiger partial charge is 0.203 e. The first-order valence-electron chi connectivity index (χ1n) is 4.09. The lowest BCUT2D eigenvalue weighted by Gasteiger charge is -2.11. The van der Waals surface area contributed by atoms with Gasteiger partial charge in [-0.05, 0) is 24.5 Å². The van der Waals surface area contributed by atoms with E-state index in [2.05, 4.69) is 11.7 Å². The first-order valence-corrected chi connectivity index (χ1v) is 4.09. The highest BCUT2D eigenvalue weighted by molar-refractivity contribution is 5.41. The van der Waals surface area contributed by atoms with Crippen molar-refractivity contribution in [2.45, 2.75) is 13.3 Å². The molecule has 0 fully saturated rings. The lowest BCUT2D eigenvalue weighted by molar-refractivity contribution is 0.343. The largest absolute Gasteiger partial charge is 0.491 e. The lowest BCUT2D eigenvalue weighted by Crippen LogP contribution is -2.04. The minimum Gasteiger partial charge on any atom is -0.491 e. The second-order valence-corrected chi connectivity index (χ2v) is 2.79. The fourth-order valence-electron chi connectivity index (χ4n) is 1.28. The predicted molar refractivity (Wildman–Crippen MR) is 46.7 cm³/mol. The van der Waals surface area contributed by atoms with Crippen molar-refractivity contribution in [1.82, 2.24) is 0 Å². The van der Waals surface area contributed by atoms with Gasteiger partial charge in [0.05, 0.1) is 7.11 Å². The molecule has 0 atom stereocenters. The van der Waals surface area contributed by atoms with Crippen LogP contribution in [0.4, 0.5) is 13.2 Å². The summed E-state index contributed by atoms with van der Waals surface area (Å²) in [6.45, 7) is 4.91. The third kappa shape index (κ3) is 1.45. The highest BCUT2D eigenvalue weighted by atomic mass is 19.2. The fraction of sp³-hybridized carbons (Fsp3) is 0.300. The Hall–Kier alpha value is -1.19. The van der Waals surface area contributed by atoms with Crippen molar-refractivity contribution < 1.29 is 17.9 Å². The zero-order valence-corrected chi connectivity index (χ0v) is 7.96. The Labute approximate surface area is 80.5 Å². The number of hydrogen-bond acceptors (Lipinski definition) is 1. The molecule has 77 valence electrons. The SMILES string of the molecule is [CH2]c1c(F)c(F)c(OC)c(F)c1CC. The van der Waals surface area contributed by atoms with Crippen molar-refractivity contribution in [3.05, 3.63) is 35.5 Å². The van der Waals surface area contributed by atoms with Crippen molar-refractivity contribution in [1.29, 1.82) is 0 Å². The zero-order chi connectivity index (χ0) is 10.9. The molecular weight excluding hydrogens is 193 g/mol. The third-order valence-electron chi connectivity index (χ3n) is 2.04. The average molecular weight is 203 g/mol. The Balaban J connectivity index is 3.56. The summed E-state index contributed by atoms with van der Waals surface area (Å²) in [5.74, 6) is -4.04. The Kier molecular flexibility index (Phi) is 3.03. The van der Waals surface area contributed by atoms with Crippen molar-refractivity contribution in [3.63, 3.8) is 0 Å². The maximum atomic E-state index is 13.4. The van der Waals surface area contributed by atoms with Crippen molar-refractivity contribution in [3.8, 4) is 5.75 Å². The minimum absolute atomic E-state index is 0.0424. The normalized spacial score (nSPS) is 10.4. The molecule has 0 saturated heterocycles. The van der Waals surface area contributed by atoms with E-state index >= 15 is 0 Å². The molecule has 0 heterocycles. The number of rotatable bonds is 2. The molecule has 1 rings (SSSR count). The number of halogens is 3. The molecule has 0 spiro atoms. The van der Waals surface area contributed by atoms with E-state index in [1.807, 2.05) is 0 Å². The highest BCUT2D eigenvalue weighted by Gasteiger charge is 2.22. The molecule has 1 nitrogen and oxygen atoms in total. The van der Waals surface area contributed by atoms with Crippen LogP contribution in [-0.2, 0) is 6.42 Å². The minimum atomic E-state index is -1.33. The van der Waals surface area contributed by atoms with Gasteiger partial charge in [-0.3, -0.25) is 0 Å². The lowest BCUT2D eigenvalue weighted by atomic mass is 10.0. The van der Waals surface area contributed by atoms with E-state index in [1.54, 1.807) is 6.92 Å². The monoisotopic (exact) mass is 203 g/mol. The van der Waals surface area contributed by atoms with Crippen LogP contribution in [0, 0.1) is 24.4 Å². The van der Waals surface area contributed by atoms with Gasteiger partial charge in [0.2, 0.25) is 5.82 Å². The van der Waals surface area contributed by atoms with Gasteiger partial charge in [-0.2, -0.15) is 4.39 Å². The summed E-state index contributed by atoms with van der Waals surface area (Å²) in [6, 6.07) is 0. The predicted octanol–water partition coefficient (Wildman–Crippen LogP) is 2.86. The molecule has 1 radical (unpaired) electrons. The Bertz CT molecular complexity index is 330. The maximum absolute atomic E-state index is 13.4. The number of ether oxygens (including phenoxy) is 1. The van der Waals surface area contributed by atoms with E-state index in [9.17, 15) is 13.2 Å². The van der Waals surface area contributed by atoms with Crippen molar-refractivity contribution in [2.24, 2.45) is 0 Å². The second kappa shape index (κ2) is 3.90. The molecule has 0 aliphatic carbocycles. The van der Waals surface area contributed by atoms with E-state index in [0.29, 0.717) is 0 Å². The Morgan fingerprint density at radius 3 is 2.14 bits per heavy atom. The summed E-state index contributed by atoms with van der Waals surface area (Å²) in [5, 5.41) is 0. The van der Waals surface area contributed by atoms with Crippen LogP contribution >= 0.6 is 0 Å². The first-order chi connectivity index (χ1) is 6.54. The van der Waals surface area contributed by atoms with Crippen molar-refractivity contribution >= 4 is 0 Å². The summed E-state index contributed by atoms with van der Waals surface area (Å²) in [5.41, 5.74) is -0.205. The van der Waals surface area contributed by atoms with E-state index in [-0.39, 0.29) is 17.5 Å². The molecule has 0 aliphatic heterocycles. The summed E-state index contributed by atoms with van der Waals surface area (Å²) < 4.78 is 44.0. The van der Waals surface area contributed by atoms with Crippen LogP contribution in [0.2, 0.25) is 0 Å². The summed E-state index contributed by atoms with van der Waals surface area (Å²) in [4.78, 5) is 0. The molecular formula is C10H10F3O. The molecule has 0 N–H and O–H groups in total. The molecule has 14 heavy (non-hydrogen) atoms. The van der Waals surface area contributed by atoms with Gasteiger partial charge in [0.15, 0.2) is 17.4 Å². The van der Waals surface area contributed by atoms with Gasteiger partial charge >= 0.3 is 0 Å². The summed E-state index contributed by atoms with van der Waals surface area (Å²) in [7, 11) is 1.09. The summed E-state index contributed by atoms with van der Waals surface area (Å²) in [6.07, 6.45) is 0.234. The molecule has 0 aliphatic rings. The Morgan fingerprint density at radius 1 is 1.14 bits per heavy atom. The van der Waals surface area contributed by atoms with Crippen LogP contribution in [0.1, 0.15) is 18.1 Å². The summed E-state index contributed by atoms with van der Waals surface area (Å²) >= 11 is 0. The fourth-order valence-corrected chi connectivity index (χ4v) is 1.28. The third-order valence-corrected chi connectivity index (χ3v) is 2.04. The number of hydrogen-bond donors (Lipinski definition) is 0. The zero-order valence-electron chi connectivity index (χ0n) is 7.96. The van der Waals surface area contributed by atoms with Gasteiger partial charge in [-0.1, -0.05) is 6.92 Å². The molecule has 1 aromatic rings. The van der Waals surface area contributed by atoms with Crippen molar-refractivity contribution in [2.75, 3.05) is 7.11 Å². The molecule has 0 amide bonds. The second-order valence-electron chi connectivity index (χ2n) is 2.79. The van der Waals surface area contributed by atoms with Gasteiger partial charge in [0.1, 0.15) is 0 Å². The standard InChI is InChI=1S/C10H10F3O/c1-4-6-5(2)7(11)9(13)10(14-3)8(6)12/h2,4H2,1,3H3. The van der Waals surface area contributed by atoms with Gasteiger partial charge in [-0.15, -0.1) is 0 Å². The average Bonchev–Trinajstić information content (AvgIpc) is 2.16. The number of benzene rings is 1. The Morgan fingerprint density at radius 2 is 1.71 bits per heavy atom. The molecule has 4 heteroatoms. The van der Waals surface area contributed by atoms with Gasteiger partial charge in [-0.25, -0.2) is 8.78 Å². The van der Waals surface area contributed by atoms with Crippen LogP contribution < -0.4 is 4.74 Å². The van der Waals surface area contributed by atoms with Crippen LogP contribution in [0.25, 0.3) is 0 Å². The molecule has 0 unspecified atom stereocenters. The van der Waals surface area contributed by atoms with Crippen LogP contribution in [0.3, 0.4) is 0 Å². The molecule has 0 saturated carbocycles. The van der Waals surface area contributed by atoms with Gasteiger partial charge in [0.25, 0.3) is 0 Å².